The predicted octanol–water partition coefficient (Wildman–Crippen LogP) is 3.52. The molecule has 1 saturated heterocycles. The van der Waals surface area contributed by atoms with E-state index in [1.807, 2.05) is 0 Å². The molecule has 1 aliphatic heterocycles. The van der Waals surface area contributed by atoms with Crippen LogP contribution >= 0.6 is 0 Å². The van der Waals surface area contributed by atoms with Gasteiger partial charge in [0, 0.05) is 19.0 Å². The van der Waals surface area contributed by atoms with E-state index in [0.29, 0.717) is 11.6 Å². The van der Waals surface area contributed by atoms with Crippen LogP contribution < -0.4 is 5.32 Å². The Kier molecular flexibility index (Phi) is 6.47. The van der Waals surface area contributed by atoms with Gasteiger partial charge in [0.05, 0.1) is 6.04 Å². The van der Waals surface area contributed by atoms with Gasteiger partial charge in [-0.25, -0.2) is 26.0 Å². The summed E-state index contributed by atoms with van der Waals surface area (Å²) in [5.74, 6) is -4.76. The van der Waals surface area contributed by atoms with Crippen molar-refractivity contribution < 1.29 is 30.8 Å². The standard InChI is InChI=1S/C20H20F4N2O3S/c1-12(14-2-4-16(22)18(24)10-14)25-20(27)13-6-8-26(9-7-13)30(28,29)19-11-15(21)3-5-17(19)23/h2-5,10-13H,6-9H2,1H3,(H,25,27). The van der Waals surface area contributed by atoms with E-state index in [9.17, 15) is 30.8 Å². The minimum absolute atomic E-state index is 0.0318. The number of amides is 1. The van der Waals surface area contributed by atoms with Crippen molar-refractivity contribution in [3.05, 3.63) is 65.2 Å². The van der Waals surface area contributed by atoms with Gasteiger partial charge in [0.15, 0.2) is 11.6 Å². The van der Waals surface area contributed by atoms with E-state index in [1.165, 1.54) is 6.07 Å². The zero-order valence-corrected chi connectivity index (χ0v) is 16.9. The highest BCUT2D eigenvalue weighted by Crippen LogP contribution is 2.27. The first kappa shape index (κ1) is 22.2. The topological polar surface area (TPSA) is 66.5 Å². The summed E-state index contributed by atoms with van der Waals surface area (Å²) in [7, 11) is -4.23. The van der Waals surface area contributed by atoms with Crippen LogP contribution in [0.2, 0.25) is 0 Å². The fourth-order valence-electron chi connectivity index (χ4n) is 3.37. The summed E-state index contributed by atoms with van der Waals surface area (Å²) in [5, 5.41) is 2.71. The summed E-state index contributed by atoms with van der Waals surface area (Å²) < 4.78 is 80.0. The number of nitrogens with zero attached hydrogens (tertiary/aromatic N) is 1. The number of hydrogen-bond acceptors (Lipinski definition) is 3. The van der Waals surface area contributed by atoms with E-state index in [2.05, 4.69) is 5.32 Å². The maximum atomic E-state index is 13.9. The van der Waals surface area contributed by atoms with Crippen LogP contribution in [0.15, 0.2) is 41.3 Å². The molecule has 0 bridgehead atoms. The van der Waals surface area contributed by atoms with Crippen LogP contribution in [0.25, 0.3) is 0 Å². The van der Waals surface area contributed by atoms with Gasteiger partial charge in [0.2, 0.25) is 15.9 Å². The van der Waals surface area contributed by atoms with E-state index in [1.54, 1.807) is 6.92 Å². The van der Waals surface area contributed by atoms with Gasteiger partial charge in [-0.1, -0.05) is 6.07 Å². The first-order chi connectivity index (χ1) is 14.1. The zero-order chi connectivity index (χ0) is 22.1. The lowest BCUT2D eigenvalue weighted by atomic mass is 9.96. The lowest BCUT2D eigenvalue weighted by molar-refractivity contribution is -0.126. The Morgan fingerprint density at radius 1 is 1.00 bits per heavy atom. The minimum Gasteiger partial charge on any atom is -0.349 e. The molecule has 10 heteroatoms. The Morgan fingerprint density at radius 2 is 1.63 bits per heavy atom. The van der Waals surface area contributed by atoms with E-state index in [4.69, 9.17) is 0 Å². The molecule has 1 amide bonds. The molecule has 0 radical (unpaired) electrons. The zero-order valence-electron chi connectivity index (χ0n) is 16.0. The molecule has 2 aromatic rings. The summed E-state index contributed by atoms with van der Waals surface area (Å²) in [6.07, 6.45) is 0.374. The molecule has 1 heterocycles. The lowest BCUT2D eigenvalue weighted by Crippen LogP contribution is -2.43. The molecule has 5 nitrogen and oxygen atoms in total. The van der Waals surface area contributed by atoms with Crippen molar-refractivity contribution in [2.45, 2.75) is 30.7 Å². The summed E-state index contributed by atoms with van der Waals surface area (Å²) in [4.78, 5) is 11.8. The van der Waals surface area contributed by atoms with Gasteiger partial charge in [0.1, 0.15) is 16.5 Å². The SMILES string of the molecule is CC(NC(=O)C1CCN(S(=O)(=O)c2cc(F)ccc2F)CC1)c1ccc(F)c(F)c1. The third-order valence-electron chi connectivity index (χ3n) is 5.14. The van der Waals surface area contributed by atoms with Gasteiger partial charge >= 0.3 is 0 Å². The van der Waals surface area contributed by atoms with Gasteiger partial charge < -0.3 is 5.32 Å². The molecule has 1 aliphatic rings. The molecule has 1 unspecified atom stereocenters. The van der Waals surface area contributed by atoms with Crippen molar-refractivity contribution in [1.29, 1.82) is 0 Å². The maximum absolute atomic E-state index is 13.9. The van der Waals surface area contributed by atoms with Crippen LogP contribution in [0.4, 0.5) is 17.6 Å². The Hall–Kier alpha value is -2.46. The van der Waals surface area contributed by atoms with Crippen LogP contribution in [0, 0.1) is 29.2 Å². The highest BCUT2D eigenvalue weighted by Gasteiger charge is 2.34. The van der Waals surface area contributed by atoms with Crippen molar-refractivity contribution in [3.63, 3.8) is 0 Å². The molecule has 0 aromatic heterocycles. The first-order valence-corrected chi connectivity index (χ1v) is 10.7. The number of nitrogens with one attached hydrogen (secondary N) is 1. The number of carbonyl (C=O) groups excluding carboxylic acids is 1. The number of halogens is 4. The highest BCUT2D eigenvalue weighted by atomic mass is 32.2. The van der Waals surface area contributed by atoms with Gasteiger partial charge in [-0.05, 0) is 55.7 Å². The normalized spacial score (nSPS) is 17.0. The molecule has 1 fully saturated rings. The molecule has 1 N–H and O–H groups in total. The number of hydrogen-bond donors (Lipinski definition) is 1. The summed E-state index contributed by atoms with van der Waals surface area (Å²) >= 11 is 0. The van der Waals surface area contributed by atoms with Crippen molar-refractivity contribution in [2.75, 3.05) is 13.1 Å². The number of benzene rings is 2. The Morgan fingerprint density at radius 3 is 2.27 bits per heavy atom. The number of carbonyl (C=O) groups is 1. The van der Waals surface area contributed by atoms with E-state index in [-0.39, 0.29) is 31.8 Å². The molecule has 1 atom stereocenters. The minimum atomic E-state index is -4.23. The highest BCUT2D eigenvalue weighted by molar-refractivity contribution is 7.89. The molecule has 0 aliphatic carbocycles. The second-order valence-electron chi connectivity index (χ2n) is 7.16. The van der Waals surface area contributed by atoms with Gasteiger partial charge in [-0.2, -0.15) is 4.31 Å². The summed E-state index contributed by atoms with van der Waals surface area (Å²) in [6.45, 7) is 1.56. The fourth-order valence-corrected chi connectivity index (χ4v) is 4.91. The van der Waals surface area contributed by atoms with Crippen LogP contribution in [0.3, 0.4) is 0 Å². The van der Waals surface area contributed by atoms with Gasteiger partial charge in [-0.15, -0.1) is 0 Å². The van der Waals surface area contributed by atoms with Crippen molar-refractivity contribution in [1.82, 2.24) is 9.62 Å². The molecular weight excluding hydrogens is 424 g/mol. The van der Waals surface area contributed by atoms with Crippen LogP contribution in [0.5, 0.6) is 0 Å². The fraction of sp³-hybridized carbons (Fsp3) is 0.350. The van der Waals surface area contributed by atoms with Crippen molar-refractivity contribution in [2.24, 2.45) is 5.92 Å². The molecule has 30 heavy (non-hydrogen) atoms. The molecule has 162 valence electrons. The quantitative estimate of drug-likeness (QED) is 0.718. The molecule has 3 rings (SSSR count). The smallest absolute Gasteiger partial charge is 0.246 e. The third-order valence-corrected chi connectivity index (χ3v) is 7.05. The number of piperidine rings is 1. The molecular formula is C20H20F4N2O3S. The Balaban J connectivity index is 1.62. The van der Waals surface area contributed by atoms with Crippen molar-refractivity contribution >= 4 is 15.9 Å². The molecule has 0 saturated carbocycles. The largest absolute Gasteiger partial charge is 0.349 e. The predicted molar refractivity (Wildman–Crippen MR) is 101 cm³/mol. The van der Waals surface area contributed by atoms with E-state index < -0.39 is 50.1 Å². The van der Waals surface area contributed by atoms with E-state index in [0.717, 1.165) is 28.6 Å². The van der Waals surface area contributed by atoms with Gasteiger partial charge in [0.25, 0.3) is 0 Å². The average molecular weight is 444 g/mol. The van der Waals surface area contributed by atoms with Crippen LogP contribution in [0.1, 0.15) is 31.4 Å². The van der Waals surface area contributed by atoms with Crippen LogP contribution in [-0.2, 0) is 14.8 Å². The Labute approximate surface area is 171 Å². The first-order valence-electron chi connectivity index (χ1n) is 9.30. The van der Waals surface area contributed by atoms with Gasteiger partial charge in [-0.3, -0.25) is 4.79 Å². The maximum Gasteiger partial charge on any atom is 0.246 e. The molecule has 2 aromatic carbocycles. The lowest BCUT2D eigenvalue weighted by Gasteiger charge is -2.31. The number of rotatable bonds is 5. The van der Waals surface area contributed by atoms with Crippen LogP contribution in [-0.4, -0.2) is 31.7 Å². The van der Waals surface area contributed by atoms with E-state index >= 15 is 0 Å². The molecule has 0 spiro atoms. The average Bonchev–Trinajstić information content (AvgIpc) is 2.71. The number of sulfonamides is 1. The monoisotopic (exact) mass is 444 g/mol. The summed E-state index contributed by atoms with van der Waals surface area (Å²) in [6, 6.07) is 4.99. The second-order valence-corrected chi connectivity index (χ2v) is 9.06. The third kappa shape index (κ3) is 4.65. The Bertz CT molecular complexity index is 1050. The van der Waals surface area contributed by atoms with Crippen molar-refractivity contribution in [3.8, 4) is 0 Å². The summed E-state index contributed by atoms with van der Waals surface area (Å²) in [5.41, 5.74) is 0.392. The second kappa shape index (κ2) is 8.73.